The molecule has 0 atom stereocenters. The van der Waals surface area contributed by atoms with Crippen LogP contribution in [0.4, 0.5) is 0 Å². The van der Waals surface area contributed by atoms with Crippen molar-refractivity contribution in [2.24, 2.45) is 0 Å². The van der Waals surface area contributed by atoms with Crippen LogP contribution in [0.25, 0.3) is 130 Å². The van der Waals surface area contributed by atoms with Crippen molar-refractivity contribution in [3.8, 4) is 39.4 Å². The molecule has 280 valence electrons. The van der Waals surface area contributed by atoms with Crippen LogP contribution in [0.2, 0.25) is 0 Å². The predicted octanol–water partition coefficient (Wildman–Crippen LogP) is 16.1. The first-order valence-electron chi connectivity index (χ1n) is 21.5. The molecule has 1 heteroatoms. The van der Waals surface area contributed by atoms with Crippen molar-refractivity contribution in [3.63, 3.8) is 0 Å². The predicted molar refractivity (Wildman–Crippen MR) is 260 cm³/mol. The Balaban J connectivity index is 1.18. The zero-order valence-corrected chi connectivity index (χ0v) is 33.3. The minimum atomic E-state index is 0.669. The Labute approximate surface area is 354 Å². The third kappa shape index (κ3) is 3.85. The van der Waals surface area contributed by atoms with E-state index in [0.717, 1.165) is 5.56 Å². The molecular formula is C61H31N. The van der Waals surface area contributed by atoms with E-state index in [4.69, 9.17) is 0 Å². The van der Waals surface area contributed by atoms with Gasteiger partial charge in [0.15, 0.2) is 0 Å². The molecule has 0 amide bonds. The molecule has 0 N–H and O–H groups in total. The van der Waals surface area contributed by atoms with Gasteiger partial charge in [0.05, 0.1) is 11.6 Å². The van der Waals surface area contributed by atoms with Crippen LogP contribution in [-0.2, 0) is 0 Å². The standard InChI is InChI=1S/C61H31N/c62-32-33-18-20-34(21-19-33)37-22-29-48-53-40(37)16-9-17-47(53)58-51(35-10-3-1-4-11-35)60-49-30-27-45-43-25-23-41-38-14-7-8-15-39(38)42-24-26-44(55(43)54(41)42)46-28-31-50(57(49)56(45)46)61(60)52(59(48)58)36-12-5-2-6-13-36/h1-31H. The average molecular weight is 778 g/mol. The molecule has 0 radical (unpaired) electrons. The lowest BCUT2D eigenvalue weighted by molar-refractivity contribution is 1.48. The monoisotopic (exact) mass is 777 g/mol. The largest absolute Gasteiger partial charge is 0.192 e. The lowest BCUT2D eigenvalue weighted by atomic mass is 9.87. The minimum Gasteiger partial charge on any atom is -0.192 e. The Morgan fingerprint density at radius 1 is 0.242 bits per heavy atom. The summed E-state index contributed by atoms with van der Waals surface area (Å²) in [4.78, 5) is 0. The van der Waals surface area contributed by atoms with Gasteiger partial charge in [-0.05, 0) is 163 Å². The van der Waals surface area contributed by atoms with E-state index in [0.29, 0.717) is 5.56 Å². The Morgan fingerprint density at radius 2 is 0.661 bits per heavy atom. The maximum atomic E-state index is 9.58. The first-order valence-corrected chi connectivity index (χ1v) is 21.5. The van der Waals surface area contributed by atoms with Crippen molar-refractivity contribution < 1.29 is 0 Å². The van der Waals surface area contributed by atoms with Crippen LogP contribution in [0.3, 0.4) is 0 Å². The van der Waals surface area contributed by atoms with E-state index in [9.17, 15) is 5.26 Å². The molecule has 14 aromatic rings. The molecule has 0 aliphatic heterocycles. The van der Waals surface area contributed by atoms with E-state index >= 15 is 0 Å². The van der Waals surface area contributed by atoms with Crippen molar-refractivity contribution >= 4 is 97.0 Å². The molecule has 1 aliphatic carbocycles. The van der Waals surface area contributed by atoms with Gasteiger partial charge < -0.3 is 0 Å². The molecular weight excluding hydrogens is 747 g/mol. The van der Waals surface area contributed by atoms with Gasteiger partial charge in [0.25, 0.3) is 0 Å². The molecule has 62 heavy (non-hydrogen) atoms. The van der Waals surface area contributed by atoms with Gasteiger partial charge in [0.2, 0.25) is 0 Å². The normalized spacial score (nSPS) is 12.5. The molecule has 1 aliphatic rings. The van der Waals surface area contributed by atoms with Gasteiger partial charge >= 0.3 is 0 Å². The number of nitriles is 1. The van der Waals surface area contributed by atoms with Gasteiger partial charge in [0, 0.05) is 0 Å². The Kier molecular flexibility index (Phi) is 6.03. The summed E-state index contributed by atoms with van der Waals surface area (Å²) in [6.07, 6.45) is 0. The van der Waals surface area contributed by atoms with Gasteiger partial charge in [-0.3, -0.25) is 0 Å². The maximum absolute atomic E-state index is 9.58. The summed E-state index contributed by atoms with van der Waals surface area (Å²) in [6.45, 7) is 0. The van der Waals surface area contributed by atoms with Crippen LogP contribution in [0, 0.1) is 32.2 Å². The fraction of sp³-hybridized carbons (Fsp3) is 0. The zero-order valence-electron chi connectivity index (χ0n) is 33.3. The molecule has 14 aromatic carbocycles. The van der Waals surface area contributed by atoms with Crippen LogP contribution >= 0.6 is 0 Å². The molecule has 0 bridgehead atoms. The molecule has 0 aromatic heterocycles. The summed E-state index contributed by atoms with van der Waals surface area (Å²) in [5.74, 6) is 0. The highest BCUT2D eigenvalue weighted by molar-refractivity contribution is 6.49. The van der Waals surface area contributed by atoms with Gasteiger partial charge in [-0.15, -0.1) is 0 Å². The second-order valence-electron chi connectivity index (χ2n) is 17.2. The number of benzene rings is 12. The van der Waals surface area contributed by atoms with Crippen molar-refractivity contribution in [1.82, 2.24) is 0 Å². The van der Waals surface area contributed by atoms with Gasteiger partial charge in [0.1, 0.15) is 0 Å². The molecule has 0 saturated heterocycles. The fourth-order valence-electron chi connectivity index (χ4n) is 12.1. The van der Waals surface area contributed by atoms with E-state index in [1.807, 2.05) is 12.1 Å². The van der Waals surface area contributed by atoms with Crippen LogP contribution in [0.15, 0.2) is 188 Å². The van der Waals surface area contributed by atoms with Crippen molar-refractivity contribution in [2.45, 2.75) is 0 Å². The highest BCUT2D eigenvalue weighted by atomic mass is 14.3. The molecule has 0 saturated carbocycles. The van der Waals surface area contributed by atoms with E-state index in [1.54, 1.807) is 0 Å². The van der Waals surface area contributed by atoms with E-state index in [2.05, 4.69) is 182 Å². The van der Waals surface area contributed by atoms with Gasteiger partial charge in [-0.2, -0.15) is 5.26 Å². The lowest BCUT2D eigenvalue weighted by Gasteiger charge is -2.15. The summed E-state index contributed by atoms with van der Waals surface area (Å²) < 4.78 is 0. The number of hydrogen-bond acceptors (Lipinski definition) is 1. The second-order valence-corrected chi connectivity index (χ2v) is 17.2. The van der Waals surface area contributed by atoms with E-state index in [1.165, 1.54) is 146 Å². The molecule has 15 rings (SSSR count). The van der Waals surface area contributed by atoms with Crippen LogP contribution < -0.4 is 0 Å². The smallest absolute Gasteiger partial charge is 0.0991 e. The van der Waals surface area contributed by atoms with Crippen molar-refractivity contribution in [3.05, 3.63) is 214 Å². The Bertz CT molecular complexity index is 4310. The van der Waals surface area contributed by atoms with Gasteiger partial charge in [-0.1, -0.05) is 176 Å². The summed E-state index contributed by atoms with van der Waals surface area (Å²) >= 11 is 0. The van der Waals surface area contributed by atoms with Crippen molar-refractivity contribution in [2.75, 3.05) is 0 Å². The number of rotatable bonds is 3. The van der Waals surface area contributed by atoms with Crippen LogP contribution in [0.1, 0.15) is 5.56 Å². The molecule has 0 spiro atoms. The third-order valence-electron chi connectivity index (χ3n) is 14.5. The Morgan fingerprint density at radius 3 is 1.21 bits per heavy atom. The first kappa shape index (κ1) is 32.5. The summed E-state index contributed by atoms with van der Waals surface area (Å²) in [5, 5.41) is 38.6. The summed E-state index contributed by atoms with van der Waals surface area (Å²) in [7, 11) is 0. The molecule has 0 fully saturated rings. The summed E-state index contributed by atoms with van der Waals surface area (Å²) in [6, 6.07) is 72.2. The quantitative estimate of drug-likeness (QED) is 0.129. The number of hydrogen-bond donors (Lipinski definition) is 0. The van der Waals surface area contributed by atoms with Crippen LogP contribution in [0.5, 0.6) is 0 Å². The lowest BCUT2D eigenvalue weighted by Crippen LogP contribution is -1.88. The molecule has 1 nitrogen and oxygen atoms in total. The third-order valence-corrected chi connectivity index (χ3v) is 14.5. The van der Waals surface area contributed by atoms with Crippen molar-refractivity contribution in [1.29, 1.82) is 5.26 Å². The second kappa shape index (κ2) is 11.5. The first-order chi connectivity index (χ1) is 30.8. The van der Waals surface area contributed by atoms with Gasteiger partial charge in [-0.25, -0.2) is 0 Å². The topological polar surface area (TPSA) is 23.8 Å². The summed E-state index contributed by atoms with van der Waals surface area (Å²) in [5.41, 5.74) is 8.00. The van der Waals surface area contributed by atoms with E-state index in [-0.39, 0.29) is 0 Å². The SMILES string of the molecule is N#Cc1ccc(-c2ccc3c4c(-c5ccccc5)c5c6ccc7c8ccc9c%10c(ccc(c%11ccc(c5c(-c5ccccc5)c4c4cccc2c43)c6c%117)c%108)=c2ccccc2=9)cc1. The zero-order chi connectivity index (χ0) is 40.4. The Hall–Kier alpha value is -8.31. The fourth-order valence-corrected chi connectivity index (χ4v) is 12.1. The van der Waals surface area contributed by atoms with Crippen LogP contribution in [-0.4, -0.2) is 0 Å². The highest BCUT2D eigenvalue weighted by Crippen LogP contribution is 2.57. The minimum absolute atomic E-state index is 0.669. The molecule has 0 heterocycles. The average Bonchev–Trinajstić information content (AvgIpc) is 3.98. The maximum Gasteiger partial charge on any atom is 0.0991 e. The molecule has 0 unspecified atom stereocenters. The van der Waals surface area contributed by atoms with E-state index < -0.39 is 0 Å². The number of nitrogens with zero attached hydrogens (tertiary/aromatic N) is 1. The highest BCUT2D eigenvalue weighted by Gasteiger charge is 2.29. The number of fused-ring (bicyclic) bond motifs is 9.